The van der Waals surface area contributed by atoms with Crippen LogP contribution in [-0.2, 0) is 14.8 Å². The Hall–Kier alpha value is -1.92. The monoisotopic (exact) mass is 360 g/mol. The Morgan fingerprint density at radius 1 is 1.12 bits per heavy atom. The first-order chi connectivity index (χ1) is 12.0. The summed E-state index contributed by atoms with van der Waals surface area (Å²) >= 11 is 0. The van der Waals surface area contributed by atoms with Gasteiger partial charge in [0.15, 0.2) is 0 Å². The van der Waals surface area contributed by atoms with Crippen LogP contribution in [0, 0.1) is 0 Å². The van der Waals surface area contributed by atoms with E-state index in [4.69, 9.17) is 0 Å². The van der Waals surface area contributed by atoms with E-state index in [1.807, 2.05) is 44.2 Å². The van der Waals surface area contributed by atoms with Crippen LogP contribution in [0.2, 0.25) is 0 Å². The molecule has 0 bridgehead atoms. The highest BCUT2D eigenvalue weighted by Crippen LogP contribution is 2.29. The van der Waals surface area contributed by atoms with Crippen molar-refractivity contribution in [2.75, 3.05) is 19.6 Å². The summed E-state index contributed by atoms with van der Waals surface area (Å²) in [5.41, 5.74) is 0. The molecular formula is C19H24N2O3S. The third kappa shape index (κ3) is 3.28. The Kier molecular flexibility index (Phi) is 5.11. The van der Waals surface area contributed by atoms with E-state index in [1.165, 1.54) is 4.31 Å². The van der Waals surface area contributed by atoms with E-state index in [-0.39, 0.29) is 10.8 Å². The van der Waals surface area contributed by atoms with E-state index in [0.29, 0.717) is 32.5 Å². The molecule has 25 heavy (non-hydrogen) atoms. The van der Waals surface area contributed by atoms with Gasteiger partial charge in [-0.1, -0.05) is 30.3 Å². The lowest BCUT2D eigenvalue weighted by atomic mass is 10.1. The van der Waals surface area contributed by atoms with Gasteiger partial charge in [0.2, 0.25) is 15.9 Å². The van der Waals surface area contributed by atoms with E-state index >= 15 is 0 Å². The fraction of sp³-hybridized carbons (Fsp3) is 0.421. The summed E-state index contributed by atoms with van der Waals surface area (Å²) in [4.78, 5) is 14.7. The third-order valence-corrected chi connectivity index (χ3v) is 6.80. The fourth-order valence-electron chi connectivity index (χ4n) is 3.48. The van der Waals surface area contributed by atoms with Crippen molar-refractivity contribution in [3.8, 4) is 0 Å². The highest BCUT2D eigenvalue weighted by molar-refractivity contribution is 7.89. The average Bonchev–Trinajstić information content (AvgIpc) is 3.13. The molecule has 1 amide bonds. The maximum atomic E-state index is 13.1. The van der Waals surface area contributed by atoms with Gasteiger partial charge in [0.25, 0.3) is 0 Å². The molecule has 0 spiro atoms. The van der Waals surface area contributed by atoms with Crippen LogP contribution < -0.4 is 0 Å². The van der Waals surface area contributed by atoms with Crippen molar-refractivity contribution >= 4 is 26.7 Å². The SMILES string of the molecule is CCN(CC)C(=O)[C@H]1CCCN1S(=O)(=O)c1ccc2ccccc2c1. The number of likely N-dealkylation sites (N-methyl/N-ethyl adjacent to an activating group) is 1. The largest absolute Gasteiger partial charge is 0.342 e. The number of sulfonamides is 1. The molecule has 1 heterocycles. The first-order valence-electron chi connectivity index (χ1n) is 8.78. The molecule has 5 nitrogen and oxygen atoms in total. The van der Waals surface area contributed by atoms with Gasteiger partial charge in [-0.25, -0.2) is 8.42 Å². The second-order valence-electron chi connectivity index (χ2n) is 6.29. The minimum Gasteiger partial charge on any atom is -0.342 e. The summed E-state index contributed by atoms with van der Waals surface area (Å²) in [5, 5.41) is 1.88. The van der Waals surface area contributed by atoms with E-state index < -0.39 is 16.1 Å². The Bertz CT molecular complexity index is 875. The van der Waals surface area contributed by atoms with Crippen molar-refractivity contribution in [1.82, 2.24) is 9.21 Å². The molecule has 2 aromatic rings. The lowest BCUT2D eigenvalue weighted by Crippen LogP contribution is -2.47. The number of amides is 1. The van der Waals surface area contributed by atoms with Crippen molar-refractivity contribution in [3.63, 3.8) is 0 Å². The van der Waals surface area contributed by atoms with Crippen LogP contribution in [0.3, 0.4) is 0 Å². The Balaban J connectivity index is 1.95. The number of carbonyl (C=O) groups excluding carboxylic acids is 1. The summed E-state index contributed by atoms with van der Waals surface area (Å²) < 4.78 is 27.7. The maximum Gasteiger partial charge on any atom is 0.243 e. The van der Waals surface area contributed by atoms with Crippen LogP contribution in [0.15, 0.2) is 47.4 Å². The van der Waals surface area contributed by atoms with Gasteiger partial charge >= 0.3 is 0 Å². The molecule has 1 fully saturated rings. The minimum absolute atomic E-state index is 0.0909. The van der Waals surface area contributed by atoms with Crippen molar-refractivity contribution < 1.29 is 13.2 Å². The van der Waals surface area contributed by atoms with Crippen LogP contribution in [-0.4, -0.2) is 49.2 Å². The lowest BCUT2D eigenvalue weighted by Gasteiger charge is -2.28. The van der Waals surface area contributed by atoms with Crippen LogP contribution >= 0.6 is 0 Å². The van der Waals surface area contributed by atoms with Gasteiger partial charge in [0, 0.05) is 19.6 Å². The Morgan fingerprint density at radius 3 is 2.48 bits per heavy atom. The molecule has 0 saturated carbocycles. The maximum absolute atomic E-state index is 13.1. The molecule has 0 aromatic heterocycles. The first-order valence-corrected chi connectivity index (χ1v) is 10.2. The number of fused-ring (bicyclic) bond motifs is 1. The minimum atomic E-state index is -3.69. The summed E-state index contributed by atoms with van der Waals surface area (Å²) in [6.45, 7) is 5.41. The zero-order valence-corrected chi connectivity index (χ0v) is 15.5. The molecule has 0 aliphatic carbocycles. The summed E-state index contributed by atoms with van der Waals surface area (Å²) in [6.07, 6.45) is 1.30. The van der Waals surface area contributed by atoms with Crippen molar-refractivity contribution in [3.05, 3.63) is 42.5 Å². The van der Waals surface area contributed by atoms with E-state index in [9.17, 15) is 13.2 Å². The van der Waals surface area contributed by atoms with E-state index in [0.717, 1.165) is 10.8 Å². The van der Waals surface area contributed by atoms with Crippen molar-refractivity contribution in [1.29, 1.82) is 0 Å². The zero-order chi connectivity index (χ0) is 18.0. The number of hydrogen-bond acceptors (Lipinski definition) is 3. The highest BCUT2D eigenvalue weighted by Gasteiger charge is 2.40. The number of carbonyl (C=O) groups is 1. The van der Waals surface area contributed by atoms with Gasteiger partial charge in [-0.3, -0.25) is 4.79 Å². The van der Waals surface area contributed by atoms with Crippen molar-refractivity contribution in [2.24, 2.45) is 0 Å². The highest BCUT2D eigenvalue weighted by atomic mass is 32.2. The second kappa shape index (κ2) is 7.14. The summed E-state index contributed by atoms with van der Waals surface area (Å²) in [7, 11) is -3.69. The van der Waals surface area contributed by atoms with Gasteiger partial charge in [-0.05, 0) is 49.6 Å². The van der Waals surface area contributed by atoms with Gasteiger partial charge < -0.3 is 4.90 Å². The molecule has 0 unspecified atom stereocenters. The fourth-order valence-corrected chi connectivity index (χ4v) is 5.17. The number of hydrogen-bond donors (Lipinski definition) is 0. The molecule has 1 aliphatic heterocycles. The van der Waals surface area contributed by atoms with Crippen LogP contribution in [0.1, 0.15) is 26.7 Å². The van der Waals surface area contributed by atoms with Crippen molar-refractivity contribution in [2.45, 2.75) is 37.6 Å². The van der Waals surface area contributed by atoms with Crippen LogP contribution in [0.4, 0.5) is 0 Å². The Morgan fingerprint density at radius 2 is 1.80 bits per heavy atom. The van der Waals surface area contributed by atoms with Gasteiger partial charge in [0.1, 0.15) is 6.04 Å². The standard InChI is InChI=1S/C19H24N2O3S/c1-3-20(4-2)19(22)18-10-7-13-21(18)25(23,24)17-12-11-15-8-5-6-9-16(15)14-17/h5-6,8-9,11-12,14,18H,3-4,7,10,13H2,1-2H3/t18-/m1/s1. The van der Waals surface area contributed by atoms with Gasteiger partial charge in [0.05, 0.1) is 4.90 Å². The van der Waals surface area contributed by atoms with Gasteiger partial charge in [-0.2, -0.15) is 4.31 Å². The zero-order valence-electron chi connectivity index (χ0n) is 14.7. The summed E-state index contributed by atoms with van der Waals surface area (Å²) in [5.74, 6) is -0.0909. The molecule has 6 heteroatoms. The van der Waals surface area contributed by atoms with E-state index in [1.54, 1.807) is 17.0 Å². The predicted octanol–water partition coefficient (Wildman–Crippen LogP) is 2.86. The second-order valence-corrected chi connectivity index (χ2v) is 8.18. The molecule has 0 N–H and O–H groups in total. The smallest absolute Gasteiger partial charge is 0.243 e. The quantitative estimate of drug-likeness (QED) is 0.824. The van der Waals surface area contributed by atoms with Gasteiger partial charge in [-0.15, -0.1) is 0 Å². The molecule has 1 atom stereocenters. The molecule has 0 radical (unpaired) electrons. The predicted molar refractivity (Wildman–Crippen MR) is 98.8 cm³/mol. The lowest BCUT2D eigenvalue weighted by molar-refractivity contribution is -0.134. The topological polar surface area (TPSA) is 57.7 Å². The molecule has 134 valence electrons. The molecule has 2 aromatic carbocycles. The Labute approximate surface area is 149 Å². The van der Waals surface area contributed by atoms with Crippen LogP contribution in [0.25, 0.3) is 10.8 Å². The number of rotatable bonds is 5. The summed E-state index contributed by atoms with van der Waals surface area (Å²) in [6, 6.07) is 12.2. The first kappa shape index (κ1) is 17.9. The number of benzene rings is 2. The molecular weight excluding hydrogens is 336 g/mol. The van der Waals surface area contributed by atoms with E-state index in [2.05, 4.69) is 0 Å². The molecule has 1 aliphatic rings. The number of nitrogens with zero attached hydrogens (tertiary/aromatic N) is 2. The average molecular weight is 360 g/mol. The normalized spacial score (nSPS) is 18.6. The third-order valence-electron chi connectivity index (χ3n) is 4.89. The van der Waals surface area contributed by atoms with Crippen LogP contribution in [0.5, 0.6) is 0 Å². The molecule has 3 rings (SSSR count). The molecule has 1 saturated heterocycles.